The van der Waals surface area contributed by atoms with Crippen LogP contribution in [-0.4, -0.2) is 80.3 Å². The van der Waals surface area contributed by atoms with Crippen molar-refractivity contribution in [3.05, 3.63) is 30.3 Å². The molecule has 1 aromatic rings. The van der Waals surface area contributed by atoms with Gasteiger partial charge in [-0.1, -0.05) is 24.6 Å². The number of hydrogen-bond donors (Lipinski definition) is 0. The highest BCUT2D eigenvalue weighted by molar-refractivity contribution is 7.86. The van der Waals surface area contributed by atoms with Gasteiger partial charge in [0.05, 0.1) is 0 Å². The molecule has 0 aliphatic carbocycles. The van der Waals surface area contributed by atoms with E-state index in [0.717, 1.165) is 58.3 Å². The molecule has 3 aliphatic rings. The Labute approximate surface area is 163 Å². The average molecular weight is 393 g/mol. The number of rotatable bonds is 4. The monoisotopic (exact) mass is 392 g/mol. The van der Waals surface area contributed by atoms with E-state index in [1.54, 1.807) is 8.61 Å². The van der Waals surface area contributed by atoms with Gasteiger partial charge in [0.2, 0.25) is 0 Å². The minimum atomic E-state index is -3.28. The molecule has 0 spiro atoms. The number of hydrogen-bond acceptors (Lipinski definition) is 4. The highest BCUT2D eigenvalue weighted by atomic mass is 32.2. The maximum absolute atomic E-state index is 13.0. The number of piperidine rings is 1. The number of benzene rings is 1. The Morgan fingerprint density at radius 2 is 1.44 bits per heavy atom. The van der Waals surface area contributed by atoms with Crippen LogP contribution in [0.4, 0.5) is 5.69 Å². The Morgan fingerprint density at radius 3 is 2.22 bits per heavy atom. The molecule has 3 heterocycles. The Kier molecular flexibility index (Phi) is 6.02. The summed E-state index contributed by atoms with van der Waals surface area (Å²) in [5.74, 6) is 0. The topological polar surface area (TPSA) is 47.1 Å². The van der Waals surface area contributed by atoms with Gasteiger partial charge in [0, 0.05) is 57.5 Å². The minimum Gasteiger partial charge on any atom is -0.370 e. The molecule has 0 aromatic heterocycles. The molecule has 0 N–H and O–H groups in total. The van der Waals surface area contributed by atoms with Crippen molar-refractivity contribution in [3.8, 4) is 0 Å². The molecule has 27 heavy (non-hydrogen) atoms. The highest BCUT2D eigenvalue weighted by Gasteiger charge is 2.34. The maximum atomic E-state index is 13.0. The lowest BCUT2D eigenvalue weighted by Crippen LogP contribution is -2.47. The van der Waals surface area contributed by atoms with Crippen molar-refractivity contribution in [2.45, 2.75) is 38.1 Å². The summed E-state index contributed by atoms with van der Waals surface area (Å²) < 4.78 is 29.4. The van der Waals surface area contributed by atoms with E-state index in [1.807, 2.05) is 0 Å². The van der Waals surface area contributed by atoms with E-state index in [-0.39, 0.29) is 0 Å². The second-order valence-corrected chi connectivity index (χ2v) is 9.91. The van der Waals surface area contributed by atoms with Crippen molar-refractivity contribution >= 4 is 15.9 Å². The Bertz CT molecular complexity index is 706. The van der Waals surface area contributed by atoms with Gasteiger partial charge in [0.1, 0.15) is 0 Å². The third-order valence-corrected chi connectivity index (χ3v) is 8.29. The van der Waals surface area contributed by atoms with Crippen LogP contribution in [0.2, 0.25) is 0 Å². The van der Waals surface area contributed by atoms with E-state index in [0.29, 0.717) is 32.2 Å². The fourth-order valence-corrected chi connectivity index (χ4v) is 6.40. The van der Waals surface area contributed by atoms with E-state index in [2.05, 4.69) is 40.1 Å². The highest BCUT2D eigenvalue weighted by Crippen LogP contribution is 2.24. The third kappa shape index (κ3) is 4.31. The fourth-order valence-electron chi connectivity index (χ4n) is 4.68. The number of para-hydroxylation sites is 1. The van der Waals surface area contributed by atoms with Gasteiger partial charge in [-0.15, -0.1) is 0 Å². The van der Waals surface area contributed by atoms with E-state index in [4.69, 9.17) is 0 Å². The zero-order valence-electron chi connectivity index (χ0n) is 16.2. The zero-order valence-corrected chi connectivity index (χ0v) is 17.0. The second kappa shape index (κ2) is 8.47. The molecule has 1 aromatic carbocycles. The van der Waals surface area contributed by atoms with Crippen molar-refractivity contribution in [1.29, 1.82) is 0 Å². The van der Waals surface area contributed by atoms with Gasteiger partial charge in [0.15, 0.2) is 0 Å². The average Bonchev–Trinajstić information content (AvgIpc) is 3.07. The van der Waals surface area contributed by atoms with Crippen molar-refractivity contribution in [3.63, 3.8) is 0 Å². The van der Waals surface area contributed by atoms with Crippen molar-refractivity contribution in [2.75, 3.05) is 57.3 Å². The first-order valence-corrected chi connectivity index (χ1v) is 11.8. The molecule has 0 saturated carbocycles. The summed E-state index contributed by atoms with van der Waals surface area (Å²) in [6.45, 7) is 6.64. The molecule has 3 saturated heterocycles. The van der Waals surface area contributed by atoms with E-state index in [9.17, 15) is 8.42 Å². The molecule has 0 bridgehead atoms. The molecule has 3 aliphatic heterocycles. The van der Waals surface area contributed by atoms with Gasteiger partial charge in [-0.2, -0.15) is 17.0 Å². The maximum Gasteiger partial charge on any atom is 0.282 e. The quantitative estimate of drug-likeness (QED) is 0.786. The van der Waals surface area contributed by atoms with Crippen LogP contribution in [0.15, 0.2) is 30.3 Å². The van der Waals surface area contributed by atoms with Crippen LogP contribution in [0, 0.1) is 0 Å². The van der Waals surface area contributed by atoms with Gasteiger partial charge in [0.25, 0.3) is 10.2 Å². The normalized spacial score (nSPS) is 27.0. The molecule has 1 atom stereocenters. The summed E-state index contributed by atoms with van der Waals surface area (Å²) >= 11 is 0. The molecular weight excluding hydrogens is 360 g/mol. The molecule has 6 nitrogen and oxygen atoms in total. The molecule has 0 radical (unpaired) electrons. The summed E-state index contributed by atoms with van der Waals surface area (Å²) in [5, 5.41) is 0. The van der Waals surface area contributed by atoms with Crippen molar-refractivity contribution in [2.24, 2.45) is 0 Å². The van der Waals surface area contributed by atoms with Crippen LogP contribution >= 0.6 is 0 Å². The Balaban J connectivity index is 1.35. The number of anilines is 1. The lowest BCUT2D eigenvalue weighted by atomic mass is 10.2. The molecule has 150 valence electrons. The zero-order chi connectivity index (χ0) is 18.7. The summed E-state index contributed by atoms with van der Waals surface area (Å²) in [7, 11) is -3.28. The minimum absolute atomic E-state index is 0.530. The predicted octanol–water partition coefficient (Wildman–Crippen LogP) is 2.00. The predicted molar refractivity (Wildman–Crippen MR) is 109 cm³/mol. The van der Waals surface area contributed by atoms with Gasteiger partial charge in [-0.25, -0.2) is 0 Å². The van der Waals surface area contributed by atoms with Gasteiger partial charge in [-0.3, -0.25) is 4.90 Å². The van der Waals surface area contributed by atoms with Gasteiger partial charge < -0.3 is 4.90 Å². The summed E-state index contributed by atoms with van der Waals surface area (Å²) in [6.07, 6.45) is 5.23. The van der Waals surface area contributed by atoms with E-state index < -0.39 is 10.2 Å². The molecule has 4 rings (SSSR count). The van der Waals surface area contributed by atoms with Crippen LogP contribution in [0.25, 0.3) is 0 Å². The third-order valence-electron chi connectivity index (χ3n) is 6.26. The molecule has 3 fully saturated rings. The summed E-state index contributed by atoms with van der Waals surface area (Å²) in [5.41, 5.74) is 1.30. The van der Waals surface area contributed by atoms with Crippen LogP contribution in [-0.2, 0) is 10.2 Å². The molecule has 1 unspecified atom stereocenters. The van der Waals surface area contributed by atoms with Crippen LogP contribution in [0.5, 0.6) is 0 Å². The van der Waals surface area contributed by atoms with Crippen LogP contribution in [0.3, 0.4) is 0 Å². The molecule has 7 heteroatoms. The summed E-state index contributed by atoms with van der Waals surface area (Å²) in [4.78, 5) is 4.98. The standard InChI is InChI=1S/C20H32N4O2S/c25-27(26,23-12-5-2-6-13-23)24-14-7-11-21(16-17-24)20-10-15-22(18-20)19-8-3-1-4-9-19/h1,3-4,8-9,20H,2,5-7,10-18H2. The van der Waals surface area contributed by atoms with Crippen molar-refractivity contribution in [1.82, 2.24) is 13.5 Å². The summed E-state index contributed by atoms with van der Waals surface area (Å²) in [6, 6.07) is 11.1. The number of nitrogens with zero attached hydrogens (tertiary/aromatic N) is 4. The largest absolute Gasteiger partial charge is 0.370 e. The molecular formula is C20H32N4O2S. The van der Waals surface area contributed by atoms with Crippen molar-refractivity contribution < 1.29 is 8.42 Å². The van der Waals surface area contributed by atoms with E-state index in [1.165, 1.54) is 5.69 Å². The Morgan fingerprint density at radius 1 is 0.741 bits per heavy atom. The van der Waals surface area contributed by atoms with Crippen LogP contribution < -0.4 is 4.90 Å². The van der Waals surface area contributed by atoms with Gasteiger partial charge in [-0.05, 0) is 44.4 Å². The first-order chi connectivity index (χ1) is 13.1. The second-order valence-electron chi connectivity index (χ2n) is 7.98. The SMILES string of the molecule is O=S(=O)(N1CCCCC1)N1CCCN(C2CCN(c3ccccc3)C2)CC1. The lowest BCUT2D eigenvalue weighted by Gasteiger charge is -2.32. The smallest absolute Gasteiger partial charge is 0.282 e. The van der Waals surface area contributed by atoms with Crippen LogP contribution in [0.1, 0.15) is 32.1 Å². The van der Waals surface area contributed by atoms with Gasteiger partial charge >= 0.3 is 0 Å². The van der Waals surface area contributed by atoms with E-state index >= 15 is 0 Å². The fraction of sp³-hybridized carbons (Fsp3) is 0.700. The first kappa shape index (κ1) is 19.2. The first-order valence-electron chi connectivity index (χ1n) is 10.4. The molecule has 0 amide bonds. The Hall–Kier alpha value is -1.15. The lowest BCUT2D eigenvalue weighted by molar-refractivity contribution is 0.219.